The van der Waals surface area contributed by atoms with Gasteiger partial charge < -0.3 is 9.14 Å². The van der Waals surface area contributed by atoms with Gasteiger partial charge in [0.1, 0.15) is 6.61 Å². The van der Waals surface area contributed by atoms with Gasteiger partial charge in [-0.05, 0) is 29.8 Å². The van der Waals surface area contributed by atoms with Crippen LogP contribution in [-0.4, -0.2) is 9.38 Å². The molecule has 0 fully saturated rings. The number of ether oxygens (including phenoxy) is 1. The lowest BCUT2D eigenvalue weighted by atomic mass is 10.1. The van der Waals surface area contributed by atoms with Crippen molar-refractivity contribution in [1.82, 2.24) is 9.38 Å². The van der Waals surface area contributed by atoms with Crippen LogP contribution in [0.3, 0.4) is 0 Å². The van der Waals surface area contributed by atoms with E-state index in [2.05, 4.69) is 41.1 Å². The molecule has 1 aliphatic heterocycles. The standard InChI is InChI=1S/C18H12N2O/c1-2-4-16-13(3-1)7-14-9-20-10-15-11-21-6-5-12(15)8-17(20)18(14)19-16/h1-10H,11H2. The molecule has 5 rings (SSSR count). The van der Waals surface area contributed by atoms with Crippen LogP contribution >= 0.6 is 0 Å². The molecule has 3 nitrogen and oxygen atoms in total. The van der Waals surface area contributed by atoms with Crippen LogP contribution < -0.4 is 0 Å². The fourth-order valence-electron chi connectivity index (χ4n) is 3.04. The summed E-state index contributed by atoms with van der Waals surface area (Å²) in [7, 11) is 0. The van der Waals surface area contributed by atoms with E-state index in [4.69, 9.17) is 9.72 Å². The summed E-state index contributed by atoms with van der Waals surface area (Å²) in [4.78, 5) is 4.84. The number of hydrogen-bond acceptors (Lipinski definition) is 2. The van der Waals surface area contributed by atoms with E-state index in [0.717, 1.165) is 16.6 Å². The van der Waals surface area contributed by atoms with E-state index in [1.54, 1.807) is 6.26 Å². The molecule has 0 amide bonds. The fourth-order valence-corrected chi connectivity index (χ4v) is 3.04. The smallest absolute Gasteiger partial charge is 0.114 e. The molecular weight excluding hydrogens is 260 g/mol. The first-order chi connectivity index (χ1) is 10.4. The highest BCUT2D eigenvalue weighted by Gasteiger charge is 2.11. The van der Waals surface area contributed by atoms with Gasteiger partial charge in [-0.3, -0.25) is 0 Å². The molecule has 100 valence electrons. The van der Waals surface area contributed by atoms with Crippen molar-refractivity contribution in [2.75, 3.05) is 0 Å². The van der Waals surface area contributed by atoms with Crippen LogP contribution in [-0.2, 0) is 11.3 Å². The minimum absolute atomic E-state index is 0.631. The van der Waals surface area contributed by atoms with E-state index in [1.807, 2.05) is 18.2 Å². The van der Waals surface area contributed by atoms with Crippen LogP contribution in [0.4, 0.5) is 0 Å². The Labute approximate surface area is 121 Å². The van der Waals surface area contributed by atoms with Crippen molar-refractivity contribution in [3.63, 3.8) is 0 Å². The molecule has 0 bridgehead atoms. The lowest BCUT2D eigenvalue weighted by molar-refractivity contribution is 0.234. The van der Waals surface area contributed by atoms with Gasteiger partial charge in [0.05, 0.1) is 22.8 Å². The van der Waals surface area contributed by atoms with E-state index in [9.17, 15) is 0 Å². The predicted octanol–water partition coefficient (Wildman–Crippen LogP) is 4.14. The van der Waals surface area contributed by atoms with E-state index in [-0.39, 0.29) is 0 Å². The Hall–Kier alpha value is -2.81. The summed E-state index contributed by atoms with van der Waals surface area (Å²) < 4.78 is 7.52. The maximum atomic E-state index is 5.37. The van der Waals surface area contributed by atoms with Crippen LogP contribution in [0, 0.1) is 0 Å². The Balaban J connectivity index is 1.93. The zero-order chi connectivity index (χ0) is 13.8. The number of nitrogens with zero attached hydrogens (tertiary/aromatic N) is 2. The Morgan fingerprint density at radius 2 is 2.00 bits per heavy atom. The minimum atomic E-state index is 0.631. The molecule has 4 aromatic rings. The SMILES string of the molecule is C1=Cc2cc3c4nc5ccccc5cc4cn3cc2CO1. The van der Waals surface area contributed by atoms with Crippen molar-refractivity contribution in [1.29, 1.82) is 0 Å². The van der Waals surface area contributed by atoms with Gasteiger partial charge in [-0.2, -0.15) is 0 Å². The number of pyridine rings is 2. The highest BCUT2D eigenvalue weighted by atomic mass is 16.5. The quantitative estimate of drug-likeness (QED) is 0.481. The number of aromatic nitrogens is 2. The van der Waals surface area contributed by atoms with Crippen molar-refractivity contribution in [3.8, 4) is 0 Å². The zero-order valence-corrected chi connectivity index (χ0v) is 11.3. The highest BCUT2D eigenvalue weighted by molar-refractivity contribution is 6.01. The molecule has 0 radical (unpaired) electrons. The Bertz CT molecular complexity index is 1040. The second-order valence-corrected chi connectivity index (χ2v) is 5.41. The van der Waals surface area contributed by atoms with Crippen LogP contribution in [0.2, 0.25) is 0 Å². The highest BCUT2D eigenvalue weighted by Crippen LogP contribution is 2.28. The normalized spacial score (nSPS) is 13.7. The van der Waals surface area contributed by atoms with E-state index >= 15 is 0 Å². The van der Waals surface area contributed by atoms with Gasteiger partial charge in [-0.15, -0.1) is 0 Å². The molecule has 0 atom stereocenters. The molecule has 3 aromatic heterocycles. The van der Waals surface area contributed by atoms with Gasteiger partial charge in [-0.25, -0.2) is 4.98 Å². The summed E-state index contributed by atoms with van der Waals surface area (Å²) in [5, 5.41) is 2.34. The molecule has 0 saturated heterocycles. The molecule has 21 heavy (non-hydrogen) atoms. The van der Waals surface area contributed by atoms with E-state index < -0.39 is 0 Å². The summed E-state index contributed by atoms with van der Waals surface area (Å²) in [5.41, 5.74) is 5.64. The molecule has 1 aromatic carbocycles. The molecule has 3 heteroatoms. The van der Waals surface area contributed by atoms with Gasteiger partial charge in [0.15, 0.2) is 0 Å². The molecule has 0 saturated carbocycles. The second kappa shape index (κ2) is 3.85. The van der Waals surface area contributed by atoms with Crippen LogP contribution in [0.25, 0.3) is 33.4 Å². The third-order valence-electron chi connectivity index (χ3n) is 4.09. The third-order valence-corrected chi connectivity index (χ3v) is 4.09. The summed E-state index contributed by atoms with van der Waals surface area (Å²) in [6.07, 6.45) is 8.05. The largest absolute Gasteiger partial charge is 0.496 e. The number of fused-ring (bicyclic) bond motifs is 5. The average molecular weight is 272 g/mol. The van der Waals surface area contributed by atoms with Crippen LogP contribution in [0.5, 0.6) is 0 Å². The molecule has 0 aliphatic carbocycles. The molecule has 4 heterocycles. The number of hydrogen-bond donors (Lipinski definition) is 0. The molecule has 0 N–H and O–H groups in total. The maximum absolute atomic E-state index is 5.37. The Kier molecular flexibility index (Phi) is 2.00. The topological polar surface area (TPSA) is 26.5 Å². The summed E-state index contributed by atoms with van der Waals surface area (Å²) in [6.45, 7) is 0.631. The number of benzene rings is 1. The van der Waals surface area contributed by atoms with Crippen molar-refractivity contribution in [2.24, 2.45) is 0 Å². The lowest BCUT2D eigenvalue weighted by Crippen LogP contribution is -1.98. The predicted molar refractivity (Wildman–Crippen MR) is 84.0 cm³/mol. The van der Waals surface area contributed by atoms with Crippen molar-refractivity contribution < 1.29 is 4.74 Å². The first kappa shape index (κ1) is 10.9. The third kappa shape index (κ3) is 1.51. The van der Waals surface area contributed by atoms with Crippen molar-refractivity contribution in [2.45, 2.75) is 6.61 Å². The molecule has 0 unspecified atom stereocenters. The van der Waals surface area contributed by atoms with Crippen molar-refractivity contribution in [3.05, 3.63) is 66.2 Å². The summed E-state index contributed by atoms with van der Waals surface area (Å²) in [5.74, 6) is 0. The lowest BCUT2D eigenvalue weighted by Gasteiger charge is -2.12. The monoisotopic (exact) mass is 272 g/mol. The minimum Gasteiger partial charge on any atom is -0.496 e. The van der Waals surface area contributed by atoms with Gasteiger partial charge in [0, 0.05) is 28.7 Å². The first-order valence-electron chi connectivity index (χ1n) is 7.00. The Morgan fingerprint density at radius 1 is 1.05 bits per heavy atom. The van der Waals surface area contributed by atoms with E-state index in [0.29, 0.717) is 6.61 Å². The van der Waals surface area contributed by atoms with E-state index in [1.165, 1.54) is 21.9 Å². The van der Waals surface area contributed by atoms with Crippen LogP contribution in [0.1, 0.15) is 11.1 Å². The number of rotatable bonds is 0. The summed E-state index contributed by atoms with van der Waals surface area (Å²) >= 11 is 0. The van der Waals surface area contributed by atoms with Gasteiger partial charge in [0.25, 0.3) is 0 Å². The van der Waals surface area contributed by atoms with Crippen LogP contribution in [0.15, 0.2) is 55.1 Å². The summed E-state index contributed by atoms with van der Waals surface area (Å²) in [6, 6.07) is 12.6. The average Bonchev–Trinajstić information content (AvgIpc) is 2.87. The number of para-hydroxylation sites is 1. The second-order valence-electron chi connectivity index (χ2n) is 5.41. The molecular formula is C18H12N2O. The molecule has 0 spiro atoms. The Morgan fingerprint density at radius 3 is 3.00 bits per heavy atom. The van der Waals surface area contributed by atoms with Crippen molar-refractivity contribution >= 4 is 33.4 Å². The van der Waals surface area contributed by atoms with Gasteiger partial charge in [0.2, 0.25) is 0 Å². The van der Waals surface area contributed by atoms with Gasteiger partial charge >= 0.3 is 0 Å². The molecule has 1 aliphatic rings. The first-order valence-corrected chi connectivity index (χ1v) is 7.00. The van der Waals surface area contributed by atoms with Gasteiger partial charge in [-0.1, -0.05) is 18.2 Å². The fraction of sp³-hybridized carbons (Fsp3) is 0.0556. The maximum Gasteiger partial charge on any atom is 0.114 e. The zero-order valence-electron chi connectivity index (χ0n) is 11.3.